The van der Waals surface area contributed by atoms with Crippen molar-refractivity contribution in [2.75, 3.05) is 19.8 Å². The first-order valence-corrected chi connectivity index (χ1v) is 23.5. The van der Waals surface area contributed by atoms with Crippen LogP contribution in [0.1, 0.15) is 194 Å². The highest BCUT2D eigenvalue weighted by atomic mass is 31.2. The molecule has 0 aromatic heterocycles. The molecule has 0 amide bonds. The largest absolute Gasteiger partial charge is 0.480 e. The number of phosphoric acid groups is 1. The second kappa shape index (κ2) is 39.5. The summed E-state index contributed by atoms with van der Waals surface area (Å²) in [7, 11) is -4.73. The number of carboxylic acid groups (broad SMARTS) is 1. The Bertz CT molecular complexity index is 1100. The van der Waals surface area contributed by atoms with Crippen LogP contribution in [0.2, 0.25) is 0 Å². The number of unbranched alkanes of at least 4 members (excludes halogenated alkanes) is 21. The van der Waals surface area contributed by atoms with Crippen molar-refractivity contribution < 1.29 is 47.5 Å². The summed E-state index contributed by atoms with van der Waals surface area (Å²) in [5, 5.41) is 8.88. The summed E-state index contributed by atoms with van der Waals surface area (Å²) in [4.78, 5) is 45.9. The third-order valence-corrected chi connectivity index (χ3v) is 10.3. The lowest BCUT2D eigenvalue weighted by atomic mass is 10.1. The Balaban J connectivity index is 4.42. The molecule has 326 valence electrons. The summed E-state index contributed by atoms with van der Waals surface area (Å²) in [6.45, 7) is 2.75. The summed E-state index contributed by atoms with van der Waals surface area (Å²) in [6.07, 6.45) is 42.2. The summed E-state index contributed by atoms with van der Waals surface area (Å²) in [5.74, 6) is -2.44. The second-order valence-electron chi connectivity index (χ2n) is 14.8. The Morgan fingerprint density at radius 2 is 0.964 bits per heavy atom. The molecule has 4 N–H and O–H groups in total. The molecular weight excluding hydrogens is 733 g/mol. The number of esters is 2. The van der Waals surface area contributed by atoms with Crippen molar-refractivity contribution in [1.29, 1.82) is 0 Å². The average Bonchev–Trinajstić information content (AvgIpc) is 3.17. The van der Waals surface area contributed by atoms with Gasteiger partial charge in [-0.05, 0) is 64.2 Å². The zero-order valence-electron chi connectivity index (χ0n) is 35.2. The molecule has 1 unspecified atom stereocenters. The minimum Gasteiger partial charge on any atom is -0.480 e. The van der Waals surface area contributed by atoms with Gasteiger partial charge in [0.1, 0.15) is 12.6 Å². The Labute approximate surface area is 340 Å². The Hall–Kier alpha value is -2.30. The molecule has 0 bridgehead atoms. The van der Waals surface area contributed by atoms with E-state index in [4.69, 9.17) is 24.8 Å². The summed E-state index contributed by atoms with van der Waals surface area (Å²) in [6, 6.07) is -1.53. The van der Waals surface area contributed by atoms with E-state index in [9.17, 15) is 23.8 Å². The van der Waals surface area contributed by atoms with E-state index in [1.54, 1.807) is 0 Å². The molecule has 11 nitrogen and oxygen atoms in total. The molecule has 0 aliphatic heterocycles. The molecule has 0 aromatic carbocycles. The van der Waals surface area contributed by atoms with E-state index in [1.807, 2.05) is 6.08 Å². The number of carboxylic acids is 1. The van der Waals surface area contributed by atoms with Crippen LogP contribution in [0.25, 0.3) is 0 Å². The van der Waals surface area contributed by atoms with E-state index >= 15 is 0 Å². The lowest BCUT2D eigenvalue weighted by Crippen LogP contribution is -2.34. The third kappa shape index (κ3) is 38.6. The molecule has 56 heavy (non-hydrogen) atoms. The number of hydrogen-bond acceptors (Lipinski definition) is 9. The Morgan fingerprint density at radius 3 is 1.48 bits per heavy atom. The standard InChI is InChI=1S/C44H80NO10P/c1-3-5-7-9-11-13-15-17-19-20-22-24-26-28-30-32-34-36-43(47)55-40(38-53-56(50,51)54-39-41(45)44(48)49)37-52-42(46)35-33-31-29-27-25-23-21-18-16-14-12-10-8-6-4-2/h14,16,22,24,28,30,40-41H,3-13,15,17-21,23,25-27,29,31-39,45H2,1-2H3,(H,48,49)(H,50,51)/b16-14+,24-22+,30-28+/t40-,41+/m1/s1. The molecule has 0 rings (SSSR count). The number of carbonyl (C=O) groups excluding carboxylic acids is 2. The van der Waals surface area contributed by atoms with Gasteiger partial charge in [-0.1, -0.05) is 153 Å². The van der Waals surface area contributed by atoms with Crippen LogP contribution in [-0.2, 0) is 37.5 Å². The summed E-state index contributed by atoms with van der Waals surface area (Å²) in [5.41, 5.74) is 5.33. The van der Waals surface area contributed by atoms with E-state index in [0.29, 0.717) is 19.3 Å². The van der Waals surface area contributed by atoms with E-state index in [-0.39, 0.29) is 19.4 Å². The number of ether oxygens (including phenoxy) is 2. The van der Waals surface area contributed by atoms with Gasteiger partial charge >= 0.3 is 25.7 Å². The quantitative estimate of drug-likeness (QED) is 0.0232. The van der Waals surface area contributed by atoms with Crippen LogP contribution in [0.4, 0.5) is 0 Å². The van der Waals surface area contributed by atoms with Crippen molar-refractivity contribution in [2.24, 2.45) is 5.73 Å². The SMILES string of the molecule is CCCCCC/C=C/CCCCCCCCCC(=O)OC[C@H](COP(=O)(O)OC[C@H](N)C(=O)O)OC(=O)CCC/C=C/C/C=C/CCCCCCCCCCC. The highest BCUT2D eigenvalue weighted by molar-refractivity contribution is 7.47. The van der Waals surface area contributed by atoms with E-state index in [1.165, 1.54) is 109 Å². The zero-order chi connectivity index (χ0) is 41.4. The lowest BCUT2D eigenvalue weighted by molar-refractivity contribution is -0.161. The van der Waals surface area contributed by atoms with Crippen LogP contribution in [0.3, 0.4) is 0 Å². The maximum Gasteiger partial charge on any atom is 0.472 e. The van der Waals surface area contributed by atoms with Gasteiger partial charge in [-0.2, -0.15) is 0 Å². The van der Waals surface area contributed by atoms with Gasteiger partial charge in [-0.3, -0.25) is 23.4 Å². The highest BCUT2D eigenvalue weighted by Gasteiger charge is 2.28. The van der Waals surface area contributed by atoms with Crippen molar-refractivity contribution >= 4 is 25.7 Å². The van der Waals surface area contributed by atoms with E-state index in [0.717, 1.165) is 38.5 Å². The zero-order valence-corrected chi connectivity index (χ0v) is 36.1. The fourth-order valence-corrected chi connectivity index (χ4v) is 6.64. The normalized spacial score (nSPS) is 14.1. The Kier molecular flexibility index (Phi) is 37.9. The molecule has 0 aliphatic carbocycles. The summed E-state index contributed by atoms with van der Waals surface area (Å²) < 4.78 is 32.6. The number of allylic oxidation sites excluding steroid dienone is 6. The van der Waals surface area contributed by atoms with Gasteiger partial charge in [0.05, 0.1) is 13.2 Å². The van der Waals surface area contributed by atoms with Crippen LogP contribution in [0.5, 0.6) is 0 Å². The molecule has 0 aliphatic rings. The fraction of sp³-hybridized carbons (Fsp3) is 0.795. The number of carbonyl (C=O) groups is 3. The van der Waals surface area contributed by atoms with Gasteiger partial charge in [0.2, 0.25) is 0 Å². The molecule has 12 heteroatoms. The first-order chi connectivity index (χ1) is 27.1. The number of hydrogen-bond donors (Lipinski definition) is 3. The van der Waals surface area contributed by atoms with Crippen molar-refractivity contribution in [1.82, 2.24) is 0 Å². The molecule has 0 spiro atoms. The van der Waals surface area contributed by atoms with Gasteiger partial charge in [0, 0.05) is 12.8 Å². The molecule has 0 saturated carbocycles. The number of nitrogens with two attached hydrogens (primary N) is 1. The van der Waals surface area contributed by atoms with Gasteiger partial charge in [-0.25, -0.2) is 4.57 Å². The van der Waals surface area contributed by atoms with Crippen molar-refractivity contribution in [2.45, 2.75) is 206 Å². The maximum atomic E-state index is 12.6. The van der Waals surface area contributed by atoms with Crippen molar-refractivity contribution in [3.63, 3.8) is 0 Å². The number of aliphatic carboxylic acids is 1. The third-order valence-electron chi connectivity index (χ3n) is 9.36. The predicted octanol–water partition coefficient (Wildman–Crippen LogP) is 11.6. The average molecular weight is 814 g/mol. The molecular formula is C44H80NO10P. The van der Waals surface area contributed by atoms with Gasteiger partial charge in [0.25, 0.3) is 0 Å². The van der Waals surface area contributed by atoms with Crippen LogP contribution in [-0.4, -0.2) is 59.9 Å². The first-order valence-electron chi connectivity index (χ1n) is 22.0. The smallest absolute Gasteiger partial charge is 0.472 e. The minimum atomic E-state index is -4.73. The lowest BCUT2D eigenvalue weighted by Gasteiger charge is -2.20. The first kappa shape index (κ1) is 53.7. The summed E-state index contributed by atoms with van der Waals surface area (Å²) >= 11 is 0. The van der Waals surface area contributed by atoms with Crippen molar-refractivity contribution in [3.8, 4) is 0 Å². The molecule has 0 radical (unpaired) electrons. The second-order valence-corrected chi connectivity index (χ2v) is 16.3. The molecule has 0 fully saturated rings. The van der Waals surface area contributed by atoms with E-state index in [2.05, 4.69) is 48.8 Å². The fourth-order valence-electron chi connectivity index (χ4n) is 5.86. The topological polar surface area (TPSA) is 172 Å². The molecule has 3 atom stereocenters. The van der Waals surface area contributed by atoms with Gasteiger partial charge in [-0.15, -0.1) is 0 Å². The molecule has 0 aromatic rings. The van der Waals surface area contributed by atoms with Gasteiger partial charge in [0.15, 0.2) is 6.10 Å². The van der Waals surface area contributed by atoms with Crippen LogP contribution < -0.4 is 5.73 Å². The van der Waals surface area contributed by atoms with Crippen LogP contribution >= 0.6 is 7.82 Å². The number of rotatable bonds is 41. The highest BCUT2D eigenvalue weighted by Crippen LogP contribution is 2.43. The minimum absolute atomic E-state index is 0.0970. The van der Waals surface area contributed by atoms with Crippen LogP contribution in [0, 0.1) is 0 Å². The monoisotopic (exact) mass is 814 g/mol. The predicted molar refractivity (Wildman–Crippen MR) is 226 cm³/mol. The van der Waals surface area contributed by atoms with Gasteiger partial charge < -0.3 is 25.2 Å². The molecule has 0 saturated heterocycles. The van der Waals surface area contributed by atoms with Crippen LogP contribution in [0.15, 0.2) is 36.5 Å². The molecule has 0 heterocycles. The Morgan fingerprint density at radius 1 is 0.554 bits per heavy atom. The number of phosphoric ester groups is 1. The van der Waals surface area contributed by atoms with E-state index < -0.39 is 51.1 Å². The van der Waals surface area contributed by atoms with Crippen molar-refractivity contribution in [3.05, 3.63) is 36.5 Å². The maximum absolute atomic E-state index is 12.6.